The highest BCUT2D eigenvalue weighted by Gasteiger charge is 2.14. The minimum atomic E-state index is -3.82. The lowest BCUT2D eigenvalue weighted by Crippen LogP contribution is -2.14. The Balaban J connectivity index is 2.26. The SMILES string of the molecule is CCOc1ccc(Nc2ncccc2S(N)(=O)=O)cc1. The van der Waals surface area contributed by atoms with Gasteiger partial charge in [-0.1, -0.05) is 0 Å². The number of hydrogen-bond acceptors (Lipinski definition) is 5. The number of aromatic nitrogens is 1. The van der Waals surface area contributed by atoms with E-state index >= 15 is 0 Å². The van der Waals surface area contributed by atoms with Crippen LogP contribution in [0.25, 0.3) is 0 Å². The van der Waals surface area contributed by atoms with E-state index in [1.165, 1.54) is 18.3 Å². The summed E-state index contributed by atoms with van der Waals surface area (Å²) in [5.74, 6) is 0.935. The third-order valence-corrected chi connectivity index (χ3v) is 3.45. The molecular weight excluding hydrogens is 278 g/mol. The first-order chi connectivity index (χ1) is 9.50. The van der Waals surface area contributed by atoms with Crippen LogP contribution in [0.4, 0.5) is 11.5 Å². The minimum absolute atomic E-state index is 0.0473. The van der Waals surface area contributed by atoms with Crippen molar-refractivity contribution in [3.8, 4) is 5.75 Å². The summed E-state index contributed by atoms with van der Waals surface area (Å²) in [4.78, 5) is 3.95. The molecular formula is C13H15N3O3S. The Morgan fingerprint density at radius 2 is 1.95 bits per heavy atom. The summed E-state index contributed by atoms with van der Waals surface area (Å²) >= 11 is 0. The molecule has 106 valence electrons. The lowest BCUT2D eigenvalue weighted by Gasteiger charge is -2.10. The highest BCUT2D eigenvalue weighted by atomic mass is 32.2. The van der Waals surface area contributed by atoms with Gasteiger partial charge in [0.25, 0.3) is 0 Å². The Bertz CT molecular complexity index is 684. The molecule has 2 rings (SSSR count). The van der Waals surface area contributed by atoms with Crippen molar-refractivity contribution in [3.63, 3.8) is 0 Å². The predicted molar refractivity (Wildman–Crippen MR) is 76.5 cm³/mol. The first kappa shape index (κ1) is 14.3. The fraction of sp³-hybridized carbons (Fsp3) is 0.154. The van der Waals surface area contributed by atoms with Crippen molar-refractivity contribution in [1.82, 2.24) is 4.98 Å². The molecule has 0 aliphatic carbocycles. The molecule has 0 bridgehead atoms. The molecule has 20 heavy (non-hydrogen) atoms. The molecule has 6 nitrogen and oxygen atoms in total. The smallest absolute Gasteiger partial charge is 0.241 e. The summed E-state index contributed by atoms with van der Waals surface area (Å²) in [5.41, 5.74) is 0.692. The molecule has 0 saturated carbocycles. The van der Waals surface area contributed by atoms with Gasteiger partial charge < -0.3 is 10.1 Å². The molecule has 0 fully saturated rings. The van der Waals surface area contributed by atoms with Crippen LogP contribution in [0.2, 0.25) is 0 Å². The van der Waals surface area contributed by atoms with Crippen LogP contribution in [-0.2, 0) is 10.0 Å². The van der Waals surface area contributed by atoms with Crippen LogP contribution >= 0.6 is 0 Å². The van der Waals surface area contributed by atoms with Crippen LogP contribution in [0.15, 0.2) is 47.5 Å². The van der Waals surface area contributed by atoms with Crippen LogP contribution in [0, 0.1) is 0 Å². The molecule has 2 aromatic rings. The van der Waals surface area contributed by atoms with Gasteiger partial charge in [-0.25, -0.2) is 18.5 Å². The van der Waals surface area contributed by atoms with Gasteiger partial charge in [-0.15, -0.1) is 0 Å². The van der Waals surface area contributed by atoms with Gasteiger partial charge in [0.1, 0.15) is 10.6 Å². The lowest BCUT2D eigenvalue weighted by molar-refractivity contribution is 0.340. The third-order valence-electron chi connectivity index (χ3n) is 2.51. The number of anilines is 2. The summed E-state index contributed by atoms with van der Waals surface area (Å²) in [5, 5.41) is 8.07. The second-order valence-corrected chi connectivity index (χ2v) is 5.51. The number of nitrogens with two attached hydrogens (primary N) is 1. The van der Waals surface area contributed by atoms with Crippen molar-refractivity contribution in [2.45, 2.75) is 11.8 Å². The van der Waals surface area contributed by atoms with Gasteiger partial charge in [-0.3, -0.25) is 0 Å². The maximum absolute atomic E-state index is 11.5. The van der Waals surface area contributed by atoms with E-state index < -0.39 is 10.0 Å². The Labute approximate surface area is 117 Å². The fourth-order valence-electron chi connectivity index (χ4n) is 1.65. The van der Waals surface area contributed by atoms with Gasteiger partial charge >= 0.3 is 0 Å². The van der Waals surface area contributed by atoms with E-state index in [4.69, 9.17) is 9.88 Å². The van der Waals surface area contributed by atoms with Gasteiger partial charge in [-0.2, -0.15) is 0 Å². The third kappa shape index (κ3) is 3.46. The molecule has 1 aromatic heterocycles. The number of hydrogen-bond donors (Lipinski definition) is 2. The Morgan fingerprint density at radius 3 is 2.55 bits per heavy atom. The fourth-order valence-corrected chi connectivity index (χ4v) is 2.29. The Kier molecular flexibility index (Phi) is 4.21. The average Bonchev–Trinajstić information content (AvgIpc) is 2.41. The van der Waals surface area contributed by atoms with Crippen LogP contribution in [0.5, 0.6) is 5.75 Å². The van der Waals surface area contributed by atoms with Crippen LogP contribution < -0.4 is 15.2 Å². The molecule has 0 radical (unpaired) electrons. The first-order valence-electron chi connectivity index (χ1n) is 5.98. The van der Waals surface area contributed by atoms with Gasteiger partial charge in [-0.05, 0) is 43.3 Å². The van der Waals surface area contributed by atoms with E-state index in [0.29, 0.717) is 12.3 Å². The maximum Gasteiger partial charge on any atom is 0.241 e. The molecule has 0 unspecified atom stereocenters. The first-order valence-corrected chi connectivity index (χ1v) is 7.53. The number of rotatable bonds is 5. The largest absolute Gasteiger partial charge is 0.494 e. The van der Waals surface area contributed by atoms with Gasteiger partial charge in [0.2, 0.25) is 10.0 Å². The van der Waals surface area contributed by atoms with E-state index in [1.807, 2.05) is 6.92 Å². The van der Waals surface area contributed by atoms with E-state index in [9.17, 15) is 8.42 Å². The zero-order chi connectivity index (χ0) is 14.6. The number of nitrogens with one attached hydrogen (secondary N) is 1. The zero-order valence-electron chi connectivity index (χ0n) is 10.9. The summed E-state index contributed by atoms with van der Waals surface area (Å²) in [6.45, 7) is 2.49. The number of nitrogens with zero attached hydrogens (tertiary/aromatic N) is 1. The second kappa shape index (κ2) is 5.89. The Hall–Kier alpha value is -2.12. The van der Waals surface area contributed by atoms with Gasteiger partial charge in [0, 0.05) is 11.9 Å². The van der Waals surface area contributed by atoms with Crippen molar-refractivity contribution in [3.05, 3.63) is 42.6 Å². The normalized spacial score (nSPS) is 11.1. The van der Waals surface area contributed by atoms with Crippen LogP contribution in [0.1, 0.15) is 6.92 Å². The summed E-state index contributed by atoms with van der Waals surface area (Å²) < 4.78 is 28.3. The topological polar surface area (TPSA) is 94.3 Å². The molecule has 7 heteroatoms. The standard InChI is InChI=1S/C13H15N3O3S/c1-2-19-11-7-5-10(6-8-11)16-13-12(20(14,17)18)4-3-9-15-13/h3-9H,2H2,1H3,(H,15,16)(H2,14,17,18). The second-order valence-electron chi connectivity index (χ2n) is 3.98. The number of ether oxygens (including phenoxy) is 1. The summed E-state index contributed by atoms with van der Waals surface area (Å²) in [7, 11) is -3.82. The van der Waals surface area contributed by atoms with Crippen molar-refractivity contribution >= 4 is 21.5 Å². The van der Waals surface area contributed by atoms with Crippen molar-refractivity contribution < 1.29 is 13.2 Å². The molecule has 1 heterocycles. The van der Waals surface area contributed by atoms with E-state index in [2.05, 4.69) is 10.3 Å². The monoisotopic (exact) mass is 293 g/mol. The highest BCUT2D eigenvalue weighted by Crippen LogP contribution is 2.23. The lowest BCUT2D eigenvalue weighted by atomic mass is 10.3. The van der Waals surface area contributed by atoms with E-state index in [1.54, 1.807) is 24.3 Å². The predicted octanol–water partition coefficient (Wildman–Crippen LogP) is 1.87. The van der Waals surface area contributed by atoms with Gasteiger partial charge in [0.05, 0.1) is 6.61 Å². The molecule has 0 aliphatic rings. The van der Waals surface area contributed by atoms with Crippen LogP contribution in [-0.4, -0.2) is 20.0 Å². The molecule has 0 aliphatic heterocycles. The molecule has 0 spiro atoms. The molecule has 3 N–H and O–H groups in total. The molecule has 0 amide bonds. The maximum atomic E-state index is 11.5. The Morgan fingerprint density at radius 1 is 1.25 bits per heavy atom. The van der Waals surface area contributed by atoms with E-state index in [0.717, 1.165) is 5.75 Å². The number of pyridine rings is 1. The van der Waals surface area contributed by atoms with Crippen LogP contribution in [0.3, 0.4) is 0 Å². The quantitative estimate of drug-likeness (QED) is 0.877. The molecule has 1 aromatic carbocycles. The minimum Gasteiger partial charge on any atom is -0.494 e. The summed E-state index contributed by atoms with van der Waals surface area (Å²) in [6, 6.07) is 10.0. The van der Waals surface area contributed by atoms with Crippen molar-refractivity contribution in [2.24, 2.45) is 5.14 Å². The average molecular weight is 293 g/mol. The molecule has 0 saturated heterocycles. The molecule has 0 atom stereocenters. The zero-order valence-corrected chi connectivity index (χ0v) is 11.7. The van der Waals surface area contributed by atoms with Gasteiger partial charge in [0.15, 0.2) is 5.82 Å². The highest BCUT2D eigenvalue weighted by molar-refractivity contribution is 7.89. The number of primary sulfonamides is 1. The van der Waals surface area contributed by atoms with E-state index in [-0.39, 0.29) is 10.7 Å². The number of sulfonamides is 1. The van der Waals surface area contributed by atoms with Crippen molar-refractivity contribution in [2.75, 3.05) is 11.9 Å². The number of benzene rings is 1. The summed E-state index contributed by atoms with van der Waals surface area (Å²) in [6.07, 6.45) is 1.49. The van der Waals surface area contributed by atoms with Crippen molar-refractivity contribution in [1.29, 1.82) is 0 Å².